The largest absolute Gasteiger partial charge is 0.339 e. The molecule has 0 spiro atoms. The topological polar surface area (TPSA) is 71.3 Å². The average molecular weight is 328 g/mol. The van der Waals surface area contributed by atoms with Gasteiger partial charge in [-0.25, -0.2) is 0 Å². The van der Waals surface area contributed by atoms with Crippen molar-refractivity contribution < 1.29 is 9.32 Å². The van der Waals surface area contributed by atoms with Crippen molar-refractivity contribution >= 4 is 5.91 Å². The summed E-state index contributed by atoms with van der Waals surface area (Å²) in [5.74, 6) is 1.57. The summed E-state index contributed by atoms with van der Waals surface area (Å²) in [5, 5.41) is 7.25. The van der Waals surface area contributed by atoms with Crippen LogP contribution in [0.2, 0.25) is 0 Å². The van der Waals surface area contributed by atoms with E-state index in [9.17, 15) is 4.79 Å². The Balaban J connectivity index is 1.66. The molecule has 6 heteroatoms. The van der Waals surface area contributed by atoms with Crippen molar-refractivity contribution in [2.45, 2.75) is 38.1 Å². The summed E-state index contributed by atoms with van der Waals surface area (Å²) in [6.45, 7) is 3.50. The normalized spacial score (nSPS) is 19.2. The Hall–Kier alpha value is -2.21. The van der Waals surface area contributed by atoms with Gasteiger partial charge < -0.3 is 14.7 Å². The second-order valence-electron chi connectivity index (χ2n) is 6.40. The van der Waals surface area contributed by atoms with Gasteiger partial charge in [0.2, 0.25) is 5.89 Å². The minimum absolute atomic E-state index is 0.0730. The Kier molecular flexibility index (Phi) is 5.25. The molecule has 1 aromatic carbocycles. The quantitative estimate of drug-likeness (QED) is 0.911. The zero-order valence-electron chi connectivity index (χ0n) is 14.2. The lowest BCUT2D eigenvalue weighted by Crippen LogP contribution is -2.39. The van der Waals surface area contributed by atoms with Crippen LogP contribution in [-0.4, -0.2) is 47.1 Å². The lowest BCUT2D eigenvalue weighted by molar-refractivity contribution is 0.0695. The highest BCUT2D eigenvalue weighted by Crippen LogP contribution is 2.26. The molecule has 2 heterocycles. The first kappa shape index (κ1) is 16.6. The number of carbonyl (C=O) groups is 1. The van der Waals surface area contributed by atoms with Crippen LogP contribution in [0.25, 0.3) is 0 Å². The van der Waals surface area contributed by atoms with Crippen LogP contribution < -0.4 is 5.32 Å². The predicted molar refractivity (Wildman–Crippen MR) is 90.8 cm³/mol. The van der Waals surface area contributed by atoms with Crippen molar-refractivity contribution in [1.82, 2.24) is 20.4 Å². The van der Waals surface area contributed by atoms with Gasteiger partial charge >= 0.3 is 0 Å². The van der Waals surface area contributed by atoms with E-state index in [-0.39, 0.29) is 11.8 Å². The number of amides is 1. The number of hydrogen-bond donors (Lipinski definition) is 1. The Morgan fingerprint density at radius 1 is 1.42 bits per heavy atom. The van der Waals surface area contributed by atoms with E-state index in [1.54, 1.807) is 0 Å². The molecular weight excluding hydrogens is 304 g/mol. The molecule has 1 aliphatic heterocycles. The summed E-state index contributed by atoms with van der Waals surface area (Å²) in [7, 11) is 1.92. The van der Waals surface area contributed by atoms with Crippen LogP contribution in [0.4, 0.5) is 0 Å². The summed E-state index contributed by atoms with van der Waals surface area (Å²) in [6, 6.07) is 9.72. The number of aromatic nitrogens is 2. The molecule has 2 atom stereocenters. The number of hydrogen-bond acceptors (Lipinski definition) is 5. The van der Waals surface area contributed by atoms with E-state index in [1.165, 1.54) is 0 Å². The number of piperidine rings is 1. The molecule has 0 radical (unpaired) electrons. The fraction of sp³-hybridized carbons (Fsp3) is 0.500. The first-order valence-electron chi connectivity index (χ1n) is 8.51. The van der Waals surface area contributed by atoms with Gasteiger partial charge in [-0.3, -0.25) is 4.79 Å². The molecule has 1 amide bonds. The summed E-state index contributed by atoms with van der Waals surface area (Å²) < 4.78 is 5.46. The highest BCUT2D eigenvalue weighted by Gasteiger charge is 2.29. The Bertz CT molecular complexity index is 671. The molecule has 2 unspecified atom stereocenters. The summed E-state index contributed by atoms with van der Waals surface area (Å²) in [4.78, 5) is 19.0. The fourth-order valence-electron chi connectivity index (χ4n) is 3.02. The smallest absolute Gasteiger partial charge is 0.253 e. The lowest BCUT2D eigenvalue weighted by atomic mass is 9.97. The van der Waals surface area contributed by atoms with Gasteiger partial charge in [0.15, 0.2) is 5.82 Å². The minimum Gasteiger partial charge on any atom is -0.339 e. The minimum atomic E-state index is 0.0730. The summed E-state index contributed by atoms with van der Waals surface area (Å²) in [5.41, 5.74) is 0.729. The van der Waals surface area contributed by atoms with Crippen LogP contribution >= 0.6 is 0 Å². The predicted octanol–water partition coefficient (Wildman–Crippen LogP) is 2.24. The lowest BCUT2D eigenvalue weighted by Gasteiger charge is -2.31. The van der Waals surface area contributed by atoms with E-state index >= 15 is 0 Å². The monoisotopic (exact) mass is 328 g/mol. The molecule has 6 nitrogen and oxygen atoms in total. The van der Waals surface area contributed by atoms with Gasteiger partial charge in [-0.15, -0.1) is 0 Å². The van der Waals surface area contributed by atoms with E-state index in [0.29, 0.717) is 18.5 Å². The fourth-order valence-corrected chi connectivity index (χ4v) is 3.02. The first-order chi connectivity index (χ1) is 11.7. The van der Waals surface area contributed by atoms with Crippen LogP contribution in [0.3, 0.4) is 0 Å². The molecule has 3 rings (SSSR count). The number of nitrogens with one attached hydrogen (secondary N) is 1. The number of rotatable bonds is 5. The highest BCUT2D eigenvalue weighted by atomic mass is 16.5. The van der Waals surface area contributed by atoms with E-state index in [2.05, 4.69) is 22.4 Å². The molecule has 0 saturated carbocycles. The number of likely N-dealkylation sites (N-methyl/N-ethyl adjacent to an activating group) is 1. The van der Waals surface area contributed by atoms with Gasteiger partial charge in [-0.2, -0.15) is 4.98 Å². The van der Waals surface area contributed by atoms with E-state index in [0.717, 1.165) is 37.2 Å². The average Bonchev–Trinajstić information content (AvgIpc) is 3.10. The van der Waals surface area contributed by atoms with Crippen molar-refractivity contribution in [3.05, 3.63) is 47.6 Å². The van der Waals surface area contributed by atoms with Crippen LogP contribution in [0.15, 0.2) is 34.9 Å². The molecule has 0 aliphatic carbocycles. The molecule has 24 heavy (non-hydrogen) atoms. The molecule has 1 N–H and O–H groups in total. The molecular formula is C18H24N4O2. The van der Waals surface area contributed by atoms with Gasteiger partial charge in [-0.1, -0.05) is 23.4 Å². The Labute approximate surface area is 142 Å². The van der Waals surface area contributed by atoms with Crippen molar-refractivity contribution in [1.29, 1.82) is 0 Å². The van der Waals surface area contributed by atoms with E-state index in [1.807, 2.05) is 42.3 Å². The molecule has 2 aromatic rings. The van der Waals surface area contributed by atoms with Crippen molar-refractivity contribution in [3.63, 3.8) is 0 Å². The third-order valence-electron chi connectivity index (χ3n) is 4.54. The molecule has 1 aliphatic rings. The Morgan fingerprint density at radius 3 is 2.96 bits per heavy atom. The maximum atomic E-state index is 12.6. The maximum absolute atomic E-state index is 12.6. The van der Waals surface area contributed by atoms with Crippen LogP contribution in [0.5, 0.6) is 0 Å². The van der Waals surface area contributed by atoms with Gasteiger partial charge in [-0.05, 0) is 38.9 Å². The van der Waals surface area contributed by atoms with Gasteiger partial charge in [0, 0.05) is 31.1 Å². The number of nitrogens with zero attached hydrogens (tertiary/aromatic N) is 3. The standard InChI is InChI=1S/C18H24N4O2/c1-13(19-2)11-16-20-17(24-21-16)15-9-6-10-22(12-15)18(23)14-7-4-3-5-8-14/h3-5,7-8,13,15,19H,6,9-12H2,1-2H3. The second-order valence-corrected chi connectivity index (χ2v) is 6.40. The third kappa shape index (κ3) is 3.82. The third-order valence-corrected chi connectivity index (χ3v) is 4.54. The van der Waals surface area contributed by atoms with Gasteiger partial charge in [0.05, 0.1) is 5.92 Å². The van der Waals surface area contributed by atoms with Crippen molar-refractivity contribution in [2.24, 2.45) is 0 Å². The second kappa shape index (κ2) is 7.57. The molecule has 0 bridgehead atoms. The highest BCUT2D eigenvalue weighted by molar-refractivity contribution is 5.94. The van der Waals surface area contributed by atoms with Crippen molar-refractivity contribution in [2.75, 3.05) is 20.1 Å². The zero-order chi connectivity index (χ0) is 16.9. The molecule has 1 aromatic heterocycles. The van der Waals surface area contributed by atoms with Crippen molar-refractivity contribution in [3.8, 4) is 0 Å². The number of benzene rings is 1. The van der Waals surface area contributed by atoms with Crippen LogP contribution in [0, 0.1) is 0 Å². The first-order valence-corrected chi connectivity index (χ1v) is 8.51. The molecule has 128 valence electrons. The number of carbonyl (C=O) groups excluding carboxylic acids is 1. The maximum Gasteiger partial charge on any atom is 0.253 e. The molecule has 1 saturated heterocycles. The zero-order valence-corrected chi connectivity index (χ0v) is 14.2. The SMILES string of the molecule is CNC(C)Cc1noc(C2CCCN(C(=O)c3ccccc3)C2)n1. The molecule has 1 fully saturated rings. The number of likely N-dealkylation sites (tertiary alicyclic amines) is 1. The van der Waals surface area contributed by atoms with Crippen LogP contribution in [0.1, 0.15) is 47.8 Å². The van der Waals surface area contributed by atoms with E-state index < -0.39 is 0 Å². The van der Waals surface area contributed by atoms with Gasteiger partial charge in [0.25, 0.3) is 5.91 Å². The summed E-state index contributed by atoms with van der Waals surface area (Å²) >= 11 is 0. The van der Waals surface area contributed by atoms with E-state index in [4.69, 9.17) is 4.52 Å². The summed E-state index contributed by atoms with van der Waals surface area (Å²) in [6.07, 6.45) is 2.66. The van der Waals surface area contributed by atoms with Gasteiger partial charge in [0.1, 0.15) is 0 Å². The Morgan fingerprint density at radius 2 is 2.21 bits per heavy atom. The van der Waals surface area contributed by atoms with Crippen LogP contribution in [-0.2, 0) is 6.42 Å².